The third-order valence-electron chi connectivity index (χ3n) is 6.10. The Balaban J connectivity index is 1.33. The standard InChI is InChI=1S/C22H26ClN5O4/c1-15(29)26-7-9-27(10-8-26)20(30)6-11-32-14-19-17-5-3-2-4-16(17)13-28(19)18-12-24-25-22(31)21(18)23/h2-5,12,19,21H,6-11,13-14H2,1H3/t19-,21?/m0/s1. The van der Waals surface area contributed by atoms with Crippen LogP contribution in [0.5, 0.6) is 0 Å². The van der Waals surface area contributed by atoms with Crippen molar-refractivity contribution in [3.8, 4) is 0 Å². The molecule has 3 amide bonds. The molecule has 0 N–H and O–H groups in total. The predicted octanol–water partition coefficient (Wildman–Crippen LogP) is 2.08. The Hall–Kier alpha value is -2.78. The normalized spacial score (nSPS) is 22.8. The Morgan fingerprint density at radius 1 is 1.16 bits per heavy atom. The monoisotopic (exact) mass is 459 g/mol. The maximum Gasteiger partial charge on any atom is 0.288 e. The van der Waals surface area contributed by atoms with Gasteiger partial charge >= 0.3 is 0 Å². The minimum atomic E-state index is -0.875. The summed E-state index contributed by atoms with van der Waals surface area (Å²) in [7, 11) is 0. The second-order valence-electron chi connectivity index (χ2n) is 8.02. The highest BCUT2D eigenvalue weighted by molar-refractivity contribution is 6.33. The van der Waals surface area contributed by atoms with E-state index in [1.54, 1.807) is 16.7 Å². The molecule has 1 aromatic carbocycles. The van der Waals surface area contributed by atoms with Crippen molar-refractivity contribution in [3.63, 3.8) is 0 Å². The van der Waals surface area contributed by atoms with Crippen LogP contribution in [0.2, 0.25) is 0 Å². The molecule has 32 heavy (non-hydrogen) atoms. The van der Waals surface area contributed by atoms with Crippen molar-refractivity contribution in [1.29, 1.82) is 0 Å². The van der Waals surface area contributed by atoms with Crippen molar-refractivity contribution in [2.24, 2.45) is 10.2 Å². The van der Waals surface area contributed by atoms with Gasteiger partial charge in [0.05, 0.1) is 37.6 Å². The Morgan fingerprint density at radius 2 is 1.88 bits per heavy atom. The van der Waals surface area contributed by atoms with Crippen LogP contribution in [0, 0.1) is 0 Å². The van der Waals surface area contributed by atoms with Crippen LogP contribution in [0.15, 0.2) is 46.4 Å². The largest absolute Gasteiger partial charge is 0.378 e. The number of alkyl halides is 1. The lowest BCUT2D eigenvalue weighted by Crippen LogP contribution is -2.50. The first-order valence-corrected chi connectivity index (χ1v) is 11.1. The highest BCUT2D eigenvalue weighted by Gasteiger charge is 2.37. The molecule has 0 saturated carbocycles. The van der Waals surface area contributed by atoms with Crippen LogP contribution in [-0.2, 0) is 25.7 Å². The van der Waals surface area contributed by atoms with Crippen molar-refractivity contribution < 1.29 is 19.1 Å². The third kappa shape index (κ3) is 4.68. The SMILES string of the molecule is CC(=O)N1CCN(C(=O)CCOC[C@H]2c3ccccc3CN2C2=CN=NC(=O)C2Cl)CC1. The average molecular weight is 460 g/mol. The summed E-state index contributed by atoms with van der Waals surface area (Å²) in [5, 5.41) is 6.43. The number of piperazine rings is 1. The van der Waals surface area contributed by atoms with Crippen LogP contribution >= 0.6 is 11.6 Å². The van der Waals surface area contributed by atoms with Crippen LogP contribution in [-0.4, -0.2) is 77.2 Å². The minimum absolute atomic E-state index is 0.0266. The van der Waals surface area contributed by atoms with Gasteiger partial charge in [0.25, 0.3) is 5.91 Å². The number of hydrogen-bond donors (Lipinski definition) is 0. The van der Waals surface area contributed by atoms with Crippen LogP contribution in [0.3, 0.4) is 0 Å². The fourth-order valence-electron chi connectivity index (χ4n) is 4.31. The third-order valence-corrected chi connectivity index (χ3v) is 6.51. The topological polar surface area (TPSA) is 94.9 Å². The molecule has 9 nitrogen and oxygen atoms in total. The summed E-state index contributed by atoms with van der Waals surface area (Å²) in [6.45, 7) is 5.04. The van der Waals surface area contributed by atoms with E-state index in [9.17, 15) is 14.4 Å². The molecule has 170 valence electrons. The number of nitrogens with zero attached hydrogens (tertiary/aromatic N) is 5. The van der Waals surface area contributed by atoms with E-state index in [-0.39, 0.29) is 24.3 Å². The molecule has 3 aliphatic heterocycles. The van der Waals surface area contributed by atoms with E-state index in [0.717, 1.165) is 11.1 Å². The maximum absolute atomic E-state index is 12.5. The van der Waals surface area contributed by atoms with Crippen molar-refractivity contribution in [2.75, 3.05) is 39.4 Å². The van der Waals surface area contributed by atoms with E-state index in [4.69, 9.17) is 16.3 Å². The zero-order valence-corrected chi connectivity index (χ0v) is 18.7. The van der Waals surface area contributed by atoms with Gasteiger partial charge in [-0.25, -0.2) is 0 Å². The first-order chi connectivity index (χ1) is 15.5. The zero-order chi connectivity index (χ0) is 22.7. The molecule has 0 spiro atoms. The van der Waals surface area contributed by atoms with Crippen LogP contribution in [0.4, 0.5) is 0 Å². The average Bonchev–Trinajstić information content (AvgIpc) is 3.16. The molecular weight excluding hydrogens is 434 g/mol. The number of fused-ring (bicyclic) bond motifs is 1. The fraction of sp³-hybridized carbons (Fsp3) is 0.500. The number of azo groups is 1. The lowest BCUT2D eigenvalue weighted by Gasteiger charge is -2.34. The van der Waals surface area contributed by atoms with E-state index in [0.29, 0.717) is 51.6 Å². The molecule has 1 aromatic rings. The van der Waals surface area contributed by atoms with E-state index >= 15 is 0 Å². The Morgan fingerprint density at radius 3 is 2.62 bits per heavy atom. The van der Waals surface area contributed by atoms with Crippen molar-refractivity contribution >= 4 is 29.3 Å². The lowest BCUT2D eigenvalue weighted by atomic mass is 10.1. The number of hydrogen-bond acceptors (Lipinski definition) is 6. The molecule has 0 aromatic heterocycles. The van der Waals surface area contributed by atoms with Gasteiger partial charge in [-0.15, -0.1) is 16.7 Å². The molecule has 1 saturated heterocycles. The smallest absolute Gasteiger partial charge is 0.288 e. The van der Waals surface area contributed by atoms with Crippen LogP contribution < -0.4 is 0 Å². The number of halogens is 1. The molecule has 3 aliphatic rings. The second kappa shape index (κ2) is 9.79. The Kier molecular flexibility index (Phi) is 6.86. The van der Waals surface area contributed by atoms with Crippen LogP contribution in [0.25, 0.3) is 0 Å². The van der Waals surface area contributed by atoms with E-state index in [2.05, 4.69) is 10.2 Å². The first-order valence-electron chi connectivity index (χ1n) is 10.7. The quantitative estimate of drug-likeness (QED) is 0.479. The molecule has 1 unspecified atom stereocenters. The van der Waals surface area contributed by atoms with Gasteiger partial charge in [-0.05, 0) is 11.1 Å². The fourth-order valence-corrected chi connectivity index (χ4v) is 4.53. The second-order valence-corrected chi connectivity index (χ2v) is 8.46. The van der Waals surface area contributed by atoms with Gasteiger partial charge < -0.3 is 19.4 Å². The summed E-state index contributed by atoms with van der Waals surface area (Å²) in [5.74, 6) is -0.411. The highest BCUT2D eigenvalue weighted by atomic mass is 35.5. The first kappa shape index (κ1) is 22.4. The molecule has 10 heteroatoms. The zero-order valence-electron chi connectivity index (χ0n) is 17.9. The van der Waals surface area contributed by atoms with Gasteiger partial charge in [0.1, 0.15) is 0 Å². The van der Waals surface area contributed by atoms with Crippen molar-refractivity contribution in [3.05, 3.63) is 47.3 Å². The summed E-state index contributed by atoms with van der Waals surface area (Å²) < 4.78 is 5.92. The van der Waals surface area contributed by atoms with E-state index < -0.39 is 11.3 Å². The van der Waals surface area contributed by atoms with Crippen molar-refractivity contribution in [2.45, 2.75) is 31.3 Å². The summed E-state index contributed by atoms with van der Waals surface area (Å²) in [6.07, 6.45) is 1.81. The number of carbonyl (C=O) groups is 3. The molecule has 2 atom stereocenters. The molecule has 0 bridgehead atoms. The van der Waals surface area contributed by atoms with Crippen molar-refractivity contribution in [1.82, 2.24) is 14.7 Å². The number of benzene rings is 1. The van der Waals surface area contributed by atoms with Gasteiger partial charge in [0.2, 0.25) is 11.8 Å². The van der Waals surface area contributed by atoms with Gasteiger partial charge in [-0.2, -0.15) is 5.11 Å². The van der Waals surface area contributed by atoms with Gasteiger partial charge in [-0.1, -0.05) is 24.3 Å². The van der Waals surface area contributed by atoms with Gasteiger partial charge in [0.15, 0.2) is 5.38 Å². The Labute approximate surface area is 191 Å². The summed E-state index contributed by atoms with van der Waals surface area (Å²) in [6, 6.07) is 7.90. The predicted molar refractivity (Wildman–Crippen MR) is 117 cm³/mol. The van der Waals surface area contributed by atoms with Gasteiger partial charge in [0, 0.05) is 39.6 Å². The Bertz CT molecular complexity index is 957. The molecular formula is C22H26ClN5O4. The highest BCUT2D eigenvalue weighted by Crippen LogP contribution is 2.39. The molecule has 4 rings (SSSR count). The lowest BCUT2D eigenvalue weighted by molar-refractivity contribution is -0.139. The molecule has 1 fully saturated rings. The summed E-state index contributed by atoms with van der Waals surface area (Å²) in [5.41, 5.74) is 2.86. The number of rotatable bonds is 6. The number of carbonyl (C=O) groups excluding carboxylic acids is 3. The van der Waals surface area contributed by atoms with E-state index in [1.165, 1.54) is 6.20 Å². The minimum Gasteiger partial charge on any atom is -0.378 e. The molecule has 0 aliphatic carbocycles. The van der Waals surface area contributed by atoms with E-state index in [1.807, 2.05) is 29.2 Å². The van der Waals surface area contributed by atoms with Gasteiger partial charge in [-0.3, -0.25) is 14.4 Å². The summed E-state index contributed by atoms with van der Waals surface area (Å²) >= 11 is 6.31. The number of ether oxygens (including phenoxy) is 1. The molecule has 0 radical (unpaired) electrons. The van der Waals surface area contributed by atoms with Crippen LogP contribution in [0.1, 0.15) is 30.5 Å². The summed E-state index contributed by atoms with van der Waals surface area (Å²) in [4.78, 5) is 41.4. The molecule has 3 heterocycles. The maximum atomic E-state index is 12.5. The number of amides is 3.